The van der Waals surface area contributed by atoms with Gasteiger partial charge in [-0.05, 0) is 32.4 Å². The van der Waals surface area contributed by atoms with Crippen LogP contribution in [0.3, 0.4) is 0 Å². The molecule has 1 aliphatic rings. The van der Waals surface area contributed by atoms with Gasteiger partial charge in [0.05, 0.1) is 0 Å². The summed E-state index contributed by atoms with van der Waals surface area (Å²) < 4.78 is 4.36. The first-order valence-electron chi connectivity index (χ1n) is 10.9. The number of anilines is 1. The molecule has 0 amide bonds. The maximum atomic E-state index is 4.93. The summed E-state index contributed by atoms with van der Waals surface area (Å²) in [6.07, 6.45) is 5.36. The lowest BCUT2D eigenvalue weighted by atomic mass is 10.1. The zero-order chi connectivity index (χ0) is 21.5. The molecule has 1 N–H and O–H groups in total. The number of hydrogen-bond acceptors (Lipinski definition) is 7. The molecule has 31 heavy (non-hydrogen) atoms. The highest BCUT2D eigenvalue weighted by Crippen LogP contribution is 2.28. The van der Waals surface area contributed by atoms with Crippen LogP contribution in [0, 0.1) is 6.92 Å². The Kier molecular flexibility index (Phi) is 4.88. The smallest absolute Gasteiger partial charge is 0.165 e. The molecule has 1 aliphatic heterocycles. The summed E-state index contributed by atoms with van der Waals surface area (Å²) in [6, 6.07) is 4.29. The van der Waals surface area contributed by atoms with E-state index in [0.29, 0.717) is 5.92 Å². The number of hydrogen-bond donors (Lipinski definition) is 1. The van der Waals surface area contributed by atoms with E-state index in [0.717, 1.165) is 71.6 Å². The fraction of sp³-hybridized carbons (Fsp3) is 0.455. The van der Waals surface area contributed by atoms with Crippen LogP contribution in [0.15, 0.2) is 24.7 Å². The normalized spacial score (nSPS) is 16.1. The van der Waals surface area contributed by atoms with E-state index >= 15 is 0 Å². The van der Waals surface area contributed by atoms with E-state index in [9.17, 15) is 0 Å². The zero-order valence-corrected chi connectivity index (χ0v) is 18.4. The van der Waals surface area contributed by atoms with E-state index in [2.05, 4.69) is 66.4 Å². The molecule has 0 radical (unpaired) electrons. The molecule has 5 heterocycles. The number of aryl methyl sites for hydroxylation is 3. The Labute approximate surface area is 181 Å². The summed E-state index contributed by atoms with van der Waals surface area (Å²) in [4.78, 5) is 18.5. The summed E-state index contributed by atoms with van der Waals surface area (Å²) in [5.74, 6) is 4.08. The summed E-state index contributed by atoms with van der Waals surface area (Å²) in [5, 5.41) is 12.4. The predicted octanol–water partition coefficient (Wildman–Crippen LogP) is 3.36. The van der Waals surface area contributed by atoms with Gasteiger partial charge in [0.15, 0.2) is 17.0 Å². The molecule has 5 rings (SSSR count). The van der Waals surface area contributed by atoms with Crippen LogP contribution in [0.25, 0.3) is 22.6 Å². The quantitative estimate of drug-likeness (QED) is 0.531. The van der Waals surface area contributed by atoms with Crippen molar-refractivity contribution in [2.45, 2.75) is 65.6 Å². The number of pyridine rings is 1. The number of fused-ring (bicyclic) bond motifs is 2. The molecule has 160 valence electrons. The average molecular weight is 418 g/mol. The topological polar surface area (TPSA) is 99.2 Å². The highest BCUT2D eigenvalue weighted by Gasteiger charge is 2.25. The van der Waals surface area contributed by atoms with Crippen LogP contribution in [0.4, 0.5) is 5.82 Å². The third-order valence-corrected chi connectivity index (χ3v) is 5.85. The number of imidazole rings is 1. The van der Waals surface area contributed by atoms with Crippen LogP contribution in [0.2, 0.25) is 0 Å². The van der Waals surface area contributed by atoms with E-state index in [1.807, 2.05) is 19.2 Å². The third kappa shape index (κ3) is 3.43. The Morgan fingerprint density at radius 2 is 2.03 bits per heavy atom. The van der Waals surface area contributed by atoms with Crippen molar-refractivity contribution in [3.8, 4) is 11.4 Å². The lowest BCUT2D eigenvalue weighted by Gasteiger charge is -2.26. The van der Waals surface area contributed by atoms with E-state index in [1.54, 1.807) is 6.33 Å². The predicted molar refractivity (Wildman–Crippen MR) is 119 cm³/mol. The second-order valence-corrected chi connectivity index (χ2v) is 8.38. The van der Waals surface area contributed by atoms with Crippen molar-refractivity contribution in [2.24, 2.45) is 0 Å². The van der Waals surface area contributed by atoms with Gasteiger partial charge in [0, 0.05) is 48.9 Å². The Balaban J connectivity index is 1.49. The van der Waals surface area contributed by atoms with E-state index in [4.69, 9.17) is 4.98 Å². The minimum absolute atomic E-state index is 0.232. The zero-order valence-electron chi connectivity index (χ0n) is 18.4. The van der Waals surface area contributed by atoms with E-state index in [-0.39, 0.29) is 6.04 Å². The Morgan fingerprint density at radius 1 is 1.16 bits per heavy atom. The first-order valence-corrected chi connectivity index (χ1v) is 10.9. The highest BCUT2D eigenvalue weighted by atomic mass is 15.3. The monoisotopic (exact) mass is 417 g/mol. The summed E-state index contributed by atoms with van der Waals surface area (Å²) in [5.41, 5.74) is 3.58. The van der Waals surface area contributed by atoms with Gasteiger partial charge in [0.2, 0.25) is 0 Å². The van der Waals surface area contributed by atoms with Gasteiger partial charge >= 0.3 is 0 Å². The minimum Gasteiger partial charge on any atom is -0.364 e. The number of rotatable bonds is 5. The van der Waals surface area contributed by atoms with Crippen molar-refractivity contribution in [3.63, 3.8) is 0 Å². The van der Waals surface area contributed by atoms with Crippen molar-refractivity contribution in [2.75, 3.05) is 5.32 Å². The molecule has 0 spiro atoms. The number of nitrogens with zero attached hydrogens (tertiary/aromatic N) is 8. The third-order valence-electron chi connectivity index (χ3n) is 5.85. The van der Waals surface area contributed by atoms with Gasteiger partial charge in [-0.1, -0.05) is 13.8 Å². The van der Waals surface area contributed by atoms with Crippen LogP contribution in [0.5, 0.6) is 0 Å². The lowest BCUT2D eigenvalue weighted by molar-refractivity contribution is 0.459. The Hall–Kier alpha value is -3.36. The molecule has 0 saturated carbocycles. The van der Waals surface area contributed by atoms with Crippen LogP contribution in [0.1, 0.15) is 50.5 Å². The van der Waals surface area contributed by atoms with Gasteiger partial charge in [-0.25, -0.2) is 15.0 Å². The molecule has 0 fully saturated rings. The summed E-state index contributed by atoms with van der Waals surface area (Å²) >= 11 is 0. The van der Waals surface area contributed by atoms with Crippen molar-refractivity contribution in [3.05, 3.63) is 42.0 Å². The first-order chi connectivity index (χ1) is 15.0. The summed E-state index contributed by atoms with van der Waals surface area (Å²) in [7, 11) is 0. The van der Waals surface area contributed by atoms with Gasteiger partial charge in [0.1, 0.15) is 23.8 Å². The largest absolute Gasteiger partial charge is 0.364 e. The van der Waals surface area contributed by atoms with Crippen molar-refractivity contribution in [1.82, 2.24) is 39.3 Å². The second kappa shape index (κ2) is 7.72. The standard InChI is InChI=1S/C22H27N9/c1-5-30-21(15-7-6-14(4)23-10-15)27-18-19(24-12-25-22(18)30)26-16-8-9-17-28-29-20(13(2)3)31(17)11-16/h6-7,10,12-13,16H,5,8-9,11H2,1-4H3,(H,24,25,26). The molecule has 4 aromatic heterocycles. The molecule has 9 heteroatoms. The van der Waals surface area contributed by atoms with Crippen molar-refractivity contribution in [1.29, 1.82) is 0 Å². The lowest BCUT2D eigenvalue weighted by Crippen LogP contribution is -2.32. The van der Waals surface area contributed by atoms with Crippen LogP contribution in [-0.4, -0.2) is 45.3 Å². The average Bonchev–Trinajstić information content (AvgIpc) is 3.36. The second-order valence-electron chi connectivity index (χ2n) is 8.38. The van der Waals surface area contributed by atoms with E-state index < -0.39 is 0 Å². The molecule has 4 aromatic rings. The minimum atomic E-state index is 0.232. The molecule has 9 nitrogen and oxygen atoms in total. The van der Waals surface area contributed by atoms with Crippen molar-refractivity contribution >= 4 is 17.0 Å². The Morgan fingerprint density at radius 3 is 2.77 bits per heavy atom. The summed E-state index contributed by atoms with van der Waals surface area (Å²) in [6.45, 7) is 9.98. The molecule has 0 aromatic carbocycles. The van der Waals surface area contributed by atoms with Crippen LogP contribution in [-0.2, 0) is 19.5 Å². The van der Waals surface area contributed by atoms with Gasteiger partial charge in [-0.15, -0.1) is 10.2 Å². The fourth-order valence-electron chi connectivity index (χ4n) is 4.25. The van der Waals surface area contributed by atoms with Crippen molar-refractivity contribution < 1.29 is 0 Å². The number of nitrogens with one attached hydrogen (secondary N) is 1. The van der Waals surface area contributed by atoms with Crippen LogP contribution < -0.4 is 5.32 Å². The maximum absolute atomic E-state index is 4.93. The van der Waals surface area contributed by atoms with Gasteiger partial charge in [0.25, 0.3) is 0 Å². The fourth-order valence-corrected chi connectivity index (χ4v) is 4.25. The Bertz CT molecular complexity index is 1220. The van der Waals surface area contributed by atoms with Gasteiger partial charge in [-0.2, -0.15) is 0 Å². The maximum Gasteiger partial charge on any atom is 0.165 e. The van der Waals surface area contributed by atoms with Crippen LogP contribution >= 0.6 is 0 Å². The van der Waals surface area contributed by atoms with E-state index in [1.165, 1.54) is 0 Å². The first kappa shape index (κ1) is 19.6. The molecular weight excluding hydrogens is 390 g/mol. The SMILES string of the molecule is CCn1c(-c2ccc(C)nc2)nc2c(NC3CCc4nnc(C(C)C)n4C3)ncnc21. The van der Waals surface area contributed by atoms with Gasteiger partial charge < -0.3 is 14.5 Å². The molecule has 0 bridgehead atoms. The highest BCUT2D eigenvalue weighted by molar-refractivity contribution is 5.86. The molecule has 1 atom stereocenters. The molecule has 0 saturated heterocycles. The number of aromatic nitrogens is 8. The molecular formula is C22H27N9. The van der Waals surface area contributed by atoms with Gasteiger partial charge in [-0.3, -0.25) is 4.98 Å². The molecule has 0 aliphatic carbocycles. The molecule has 1 unspecified atom stereocenters.